The Morgan fingerprint density at radius 3 is 2.67 bits per heavy atom. The molecule has 1 atom stereocenters. The minimum absolute atomic E-state index is 0.446. The molecule has 1 aromatic heterocycles. The van der Waals surface area contributed by atoms with Gasteiger partial charge in [-0.1, -0.05) is 23.2 Å². The van der Waals surface area contributed by atoms with Crippen molar-refractivity contribution in [1.29, 1.82) is 0 Å². The number of aromatic nitrogens is 2. The first-order valence-electron chi connectivity index (χ1n) is 5.31. The maximum absolute atomic E-state index is 6.22. The molecule has 0 aliphatic carbocycles. The SMILES string of the molecule is COc1ccc(Cl)cc1C(N)c1c(Cl)cnn1C. The topological polar surface area (TPSA) is 53.1 Å². The Kier molecular flexibility index (Phi) is 3.80. The van der Waals surface area contributed by atoms with E-state index in [-0.39, 0.29) is 0 Å². The van der Waals surface area contributed by atoms with Crippen LogP contribution in [0.3, 0.4) is 0 Å². The van der Waals surface area contributed by atoms with Crippen LogP contribution < -0.4 is 10.5 Å². The van der Waals surface area contributed by atoms with Gasteiger partial charge < -0.3 is 10.5 Å². The summed E-state index contributed by atoms with van der Waals surface area (Å²) in [5, 5.41) is 5.19. The number of benzene rings is 1. The van der Waals surface area contributed by atoms with Crippen LogP contribution in [-0.2, 0) is 7.05 Å². The lowest BCUT2D eigenvalue weighted by molar-refractivity contribution is 0.407. The van der Waals surface area contributed by atoms with Crippen molar-refractivity contribution in [1.82, 2.24) is 9.78 Å². The van der Waals surface area contributed by atoms with Crippen molar-refractivity contribution >= 4 is 23.2 Å². The first kappa shape index (κ1) is 13.2. The van der Waals surface area contributed by atoms with Crippen LogP contribution in [0.25, 0.3) is 0 Å². The van der Waals surface area contributed by atoms with Crippen LogP contribution >= 0.6 is 23.2 Å². The largest absolute Gasteiger partial charge is 0.496 e. The number of nitrogens with two attached hydrogens (primary N) is 1. The predicted octanol–water partition coefficient (Wildman–Crippen LogP) is 2.78. The van der Waals surface area contributed by atoms with Crippen LogP contribution in [0.2, 0.25) is 10.0 Å². The molecule has 0 bridgehead atoms. The van der Waals surface area contributed by atoms with E-state index in [0.29, 0.717) is 15.8 Å². The molecule has 1 heterocycles. The Balaban J connectivity index is 2.51. The average Bonchev–Trinajstić information content (AvgIpc) is 2.68. The highest BCUT2D eigenvalue weighted by molar-refractivity contribution is 6.31. The zero-order chi connectivity index (χ0) is 13.3. The van der Waals surface area contributed by atoms with Gasteiger partial charge in [0.25, 0.3) is 0 Å². The number of rotatable bonds is 3. The fraction of sp³-hybridized carbons (Fsp3) is 0.250. The summed E-state index contributed by atoms with van der Waals surface area (Å²) in [5.41, 5.74) is 7.72. The molecule has 0 saturated heterocycles. The van der Waals surface area contributed by atoms with Gasteiger partial charge in [0.2, 0.25) is 0 Å². The van der Waals surface area contributed by atoms with Crippen molar-refractivity contribution in [2.75, 3.05) is 7.11 Å². The van der Waals surface area contributed by atoms with Gasteiger partial charge in [-0.3, -0.25) is 4.68 Å². The highest BCUT2D eigenvalue weighted by Gasteiger charge is 2.20. The smallest absolute Gasteiger partial charge is 0.124 e. The standard InChI is InChI=1S/C12H13Cl2N3O/c1-17-12(9(14)6-16-17)11(15)8-5-7(13)3-4-10(8)18-2/h3-6,11H,15H2,1-2H3. The van der Waals surface area contributed by atoms with E-state index in [1.807, 2.05) is 0 Å². The number of ether oxygens (including phenoxy) is 1. The predicted molar refractivity (Wildman–Crippen MR) is 72.3 cm³/mol. The second-order valence-corrected chi connectivity index (χ2v) is 4.71. The van der Waals surface area contributed by atoms with E-state index in [0.717, 1.165) is 11.3 Å². The van der Waals surface area contributed by atoms with Gasteiger partial charge in [-0.15, -0.1) is 0 Å². The van der Waals surface area contributed by atoms with Crippen LogP contribution in [0.4, 0.5) is 0 Å². The third-order valence-corrected chi connectivity index (χ3v) is 3.29. The summed E-state index contributed by atoms with van der Waals surface area (Å²) in [6, 6.07) is 4.86. The van der Waals surface area contributed by atoms with Gasteiger partial charge >= 0.3 is 0 Å². The van der Waals surface area contributed by atoms with Gasteiger partial charge in [0.15, 0.2) is 0 Å². The Morgan fingerprint density at radius 2 is 2.11 bits per heavy atom. The molecule has 1 aromatic carbocycles. The highest BCUT2D eigenvalue weighted by atomic mass is 35.5. The zero-order valence-electron chi connectivity index (χ0n) is 10.0. The number of halogens is 2. The zero-order valence-corrected chi connectivity index (χ0v) is 11.5. The quantitative estimate of drug-likeness (QED) is 0.944. The maximum atomic E-state index is 6.22. The Labute approximate surface area is 115 Å². The van der Waals surface area contributed by atoms with Crippen LogP contribution in [0.1, 0.15) is 17.3 Å². The lowest BCUT2D eigenvalue weighted by atomic mass is 10.0. The first-order valence-corrected chi connectivity index (χ1v) is 6.06. The number of hydrogen-bond donors (Lipinski definition) is 1. The van der Waals surface area contributed by atoms with E-state index in [9.17, 15) is 0 Å². The van der Waals surface area contributed by atoms with Crippen molar-refractivity contribution in [2.24, 2.45) is 12.8 Å². The summed E-state index contributed by atoms with van der Waals surface area (Å²) in [6.45, 7) is 0. The van der Waals surface area contributed by atoms with E-state index in [2.05, 4.69) is 5.10 Å². The minimum atomic E-state index is -0.446. The van der Waals surface area contributed by atoms with Crippen LogP contribution in [0.15, 0.2) is 24.4 Å². The second-order valence-electron chi connectivity index (χ2n) is 3.87. The molecule has 4 nitrogen and oxygen atoms in total. The molecule has 2 rings (SSSR count). The molecule has 18 heavy (non-hydrogen) atoms. The number of methoxy groups -OCH3 is 1. The summed E-state index contributed by atoms with van der Waals surface area (Å²) in [5.74, 6) is 0.671. The molecule has 0 aliphatic rings. The molecule has 0 radical (unpaired) electrons. The summed E-state index contributed by atoms with van der Waals surface area (Å²) < 4.78 is 6.93. The number of hydrogen-bond acceptors (Lipinski definition) is 3. The molecule has 96 valence electrons. The Hall–Kier alpha value is -1.23. The highest BCUT2D eigenvalue weighted by Crippen LogP contribution is 2.33. The molecule has 1 unspecified atom stereocenters. The first-order chi connectivity index (χ1) is 8.54. The Bertz CT molecular complexity index is 549. The van der Waals surface area contributed by atoms with E-state index >= 15 is 0 Å². The van der Waals surface area contributed by atoms with E-state index in [4.69, 9.17) is 33.7 Å². The van der Waals surface area contributed by atoms with Crippen molar-refractivity contribution < 1.29 is 4.74 Å². The van der Waals surface area contributed by atoms with Crippen molar-refractivity contribution in [3.8, 4) is 5.75 Å². The van der Waals surface area contributed by atoms with Crippen LogP contribution in [-0.4, -0.2) is 16.9 Å². The van der Waals surface area contributed by atoms with Crippen LogP contribution in [0.5, 0.6) is 5.75 Å². The number of aryl methyl sites for hydroxylation is 1. The van der Waals surface area contributed by atoms with E-state index in [1.54, 1.807) is 43.2 Å². The van der Waals surface area contributed by atoms with Crippen molar-refractivity contribution in [2.45, 2.75) is 6.04 Å². The monoisotopic (exact) mass is 285 g/mol. The fourth-order valence-electron chi connectivity index (χ4n) is 1.87. The molecule has 0 fully saturated rings. The molecule has 2 N–H and O–H groups in total. The molecule has 2 aromatic rings. The van der Waals surface area contributed by atoms with Crippen molar-refractivity contribution in [3.05, 3.63) is 45.7 Å². The second kappa shape index (κ2) is 5.18. The molecule has 0 amide bonds. The van der Waals surface area contributed by atoms with Gasteiger partial charge in [0.1, 0.15) is 5.75 Å². The third-order valence-electron chi connectivity index (χ3n) is 2.76. The van der Waals surface area contributed by atoms with Gasteiger partial charge in [-0.25, -0.2) is 0 Å². The van der Waals surface area contributed by atoms with E-state index in [1.165, 1.54) is 0 Å². The number of nitrogens with zero attached hydrogens (tertiary/aromatic N) is 2. The van der Waals surface area contributed by atoms with Gasteiger partial charge in [0.05, 0.1) is 30.1 Å². The van der Waals surface area contributed by atoms with Crippen LogP contribution in [0, 0.1) is 0 Å². The lowest BCUT2D eigenvalue weighted by Crippen LogP contribution is -2.17. The van der Waals surface area contributed by atoms with Crippen molar-refractivity contribution in [3.63, 3.8) is 0 Å². The molecular weight excluding hydrogens is 273 g/mol. The van der Waals surface area contributed by atoms with Gasteiger partial charge in [-0.2, -0.15) is 5.10 Å². The summed E-state index contributed by atoms with van der Waals surface area (Å²) in [4.78, 5) is 0. The van der Waals surface area contributed by atoms with Gasteiger partial charge in [-0.05, 0) is 18.2 Å². The average molecular weight is 286 g/mol. The molecule has 6 heteroatoms. The normalized spacial score (nSPS) is 12.5. The maximum Gasteiger partial charge on any atom is 0.124 e. The summed E-state index contributed by atoms with van der Waals surface area (Å²) in [6.07, 6.45) is 1.56. The molecule has 0 saturated carbocycles. The summed E-state index contributed by atoms with van der Waals surface area (Å²) >= 11 is 12.1. The minimum Gasteiger partial charge on any atom is -0.496 e. The van der Waals surface area contributed by atoms with Gasteiger partial charge in [0, 0.05) is 17.6 Å². The molecule has 0 aliphatic heterocycles. The third kappa shape index (κ3) is 2.32. The lowest BCUT2D eigenvalue weighted by Gasteiger charge is -2.17. The summed E-state index contributed by atoms with van der Waals surface area (Å²) in [7, 11) is 3.38. The fourth-order valence-corrected chi connectivity index (χ4v) is 2.33. The molecule has 0 spiro atoms. The molecular formula is C12H13Cl2N3O. The Morgan fingerprint density at radius 1 is 1.39 bits per heavy atom. The van der Waals surface area contributed by atoms with E-state index < -0.39 is 6.04 Å².